The van der Waals surface area contributed by atoms with E-state index in [9.17, 15) is 5.11 Å². The summed E-state index contributed by atoms with van der Waals surface area (Å²) < 4.78 is 0. The Labute approximate surface area is 132 Å². The monoisotopic (exact) mass is 305 g/mol. The summed E-state index contributed by atoms with van der Waals surface area (Å²) in [6.45, 7) is 8.00. The topological polar surface area (TPSA) is 78.5 Å². The van der Waals surface area contributed by atoms with E-state index in [0.717, 1.165) is 50.7 Å². The molecule has 0 aromatic carbocycles. The predicted octanol–water partition coefficient (Wildman–Crippen LogP) is 0.857. The van der Waals surface area contributed by atoms with E-state index in [0.29, 0.717) is 11.8 Å². The van der Waals surface area contributed by atoms with Crippen LogP contribution in [-0.2, 0) is 0 Å². The molecule has 3 rings (SSSR count). The van der Waals surface area contributed by atoms with Gasteiger partial charge in [-0.1, -0.05) is 13.8 Å². The lowest BCUT2D eigenvalue weighted by Gasteiger charge is -2.31. The molecule has 0 radical (unpaired) electrons. The number of nitrogens with two attached hydrogens (primary N) is 1. The van der Waals surface area contributed by atoms with Crippen molar-refractivity contribution >= 4 is 11.6 Å². The Balaban J connectivity index is 1.72. The van der Waals surface area contributed by atoms with E-state index in [2.05, 4.69) is 39.7 Å². The van der Waals surface area contributed by atoms with Crippen LogP contribution in [0.25, 0.3) is 0 Å². The van der Waals surface area contributed by atoms with Gasteiger partial charge in [0.25, 0.3) is 0 Å². The van der Waals surface area contributed by atoms with E-state index in [1.165, 1.54) is 0 Å². The number of anilines is 2. The van der Waals surface area contributed by atoms with Gasteiger partial charge in [-0.15, -0.1) is 0 Å². The number of aliphatic hydroxyl groups is 1. The minimum absolute atomic E-state index is 0.166. The zero-order valence-corrected chi connectivity index (χ0v) is 13.5. The first-order valence-electron chi connectivity index (χ1n) is 8.30. The number of nitrogens with zero attached hydrogens (tertiary/aromatic N) is 4. The second-order valence-electron chi connectivity index (χ2n) is 6.93. The van der Waals surface area contributed by atoms with E-state index < -0.39 is 0 Å². The summed E-state index contributed by atoms with van der Waals surface area (Å²) in [6.07, 6.45) is 3.09. The quantitative estimate of drug-likeness (QED) is 0.862. The Morgan fingerprint density at radius 2 is 1.77 bits per heavy atom. The van der Waals surface area contributed by atoms with Gasteiger partial charge in [0.2, 0.25) is 0 Å². The van der Waals surface area contributed by atoms with Gasteiger partial charge >= 0.3 is 0 Å². The number of hydrogen-bond donors (Lipinski definition) is 2. The van der Waals surface area contributed by atoms with Gasteiger partial charge in [0.1, 0.15) is 18.0 Å². The molecule has 1 aromatic rings. The predicted molar refractivity (Wildman–Crippen MR) is 88.0 cm³/mol. The Bertz CT molecular complexity index is 501. The van der Waals surface area contributed by atoms with Crippen LogP contribution in [0.4, 0.5) is 11.6 Å². The van der Waals surface area contributed by atoms with Crippen LogP contribution in [0.1, 0.15) is 26.7 Å². The molecule has 3 heterocycles. The van der Waals surface area contributed by atoms with Gasteiger partial charge < -0.3 is 20.6 Å². The second kappa shape index (κ2) is 6.38. The summed E-state index contributed by atoms with van der Waals surface area (Å²) in [6, 6.07) is 2.27. The van der Waals surface area contributed by atoms with Crippen molar-refractivity contribution in [3.8, 4) is 0 Å². The molecule has 0 amide bonds. The summed E-state index contributed by atoms with van der Waals surface area (Å²) in [7, 11) is 0. The van der Waals surface area contributed by atoms with Gasteiger partial charge in [0.15, 0.2) is 0 Å². The molecule has 2 unspecified atom stereocenters. The molecule has 0 aliphatic carbocycles. The van der Waals surface area contributed by atoms with Crippen LogP contribution in [0, 0.1) is 11.8 Å². The molecule has 2 atom stereocenters. The molecule has 2 aliphatic heterocycles. The fourth-order valence-electron chi connectivity index (χ4n) is 3.52. The van der Waals surface area contributed by atoms with Gasteiger partial charge in [-0.25, -0.2) is 9.97 Å². The van der Waals surface area contributed by atoms with Crippen LogP contribution in [-0.4, -0.2) is 53.4 Å². The summed E-state index contributed by atoms with van der Waals surface area (Å²) in [5.74, 6) is 3.03. The molecule has 6 heteroatoms. The fourth-order valence-corrected chi connectivity index (χ4v) is 3.52. The van der Waals surface area contributed by atoms with Crippen LogP contribution < -0.4 is 15.5 Å². The molecule has 3 N–H and O–H groups in total. The molecule has 0 bridgehead atoms. The molecule has 22 heavy (non-hydrogen) atoms. The zero-order chi connectivity index (χ0) is 15.7. The smallest absolute Gasteiger partial charge is 0.134 e. The van der Waals surface area contributed by atoms with E-state index in [1.54, 1.807) is 6.33 Å². The van der Waals surface area contributed by atoms with Crippen LogP contribution in [0.15, 0.2) is 12.4 Å². The second-order valence-corrected chi connectivity index (χ2v) is 6.93. The maximum absolute atomic E-state index is 9.63. The number of rotatable bonds is 3. The van der Waals surface area contributed by atoms with Crippen molar-refractivity contribution in [1.82, 2.24) is 9.97 Å². The van der Waals surface area contributed by atoms with Gasteiger partial charge in [0, 0.05) is 38.3 Å². The third-order valence-corrected chi connectivity index (χ3v) is 5.02. The van der Waals surface area contributed by atoms with Gasteiger partial charge in [-0.2, -0.15) is 0 Å². The minimum Gasteiger partial charge on any atom is -0.393 e. The number of aromatic nitrogens is 2. The maximum atomic E-state index is 9.63. The minimum atomic E-state index is -0.166. The Kier molecular flexibility index (Phi) is 4.49. The molecular weight excluding hydrogens is 278 g/mol. The molecule has 1 aromatic heterocycles. The van der Waals surface area contributed by atoms with Crippen molar-refractivity contribution in [2.45, 2.75) is 38.8 Å². The average molecular weight is 305 g/mol. The molecule has 6 nitrogen and oxygen atoms in total. The number of aliphatic hydroxyl groups excluding tert-OH is 1. The highest BCUT2D eigenvalue weighted by Gasteiger charge is 2.33. The lowest BCUT2D eigenvalue weighted by atomic mass is 9.92. The molecule has 0 saturated carbocycles. The van der Waals surface area contributed by atoms with Gasteiger partial charge in [-0.05, 0) is 24.7 Å². The molecule has 2 saturated heterocycles. The van der Waals surface area contributed by atoms with Crippen molar-refractivity contribution in [3.05, 3.63) is 12.4 Å². The first kappa shape index (κ1) is 15.5. The average Bonchev–Trinajstić information content (AvgIpc) is 2.90. The van der Waals surface area contributed by atoms with Crippen molar-refractivity contribution in [2.24, 2.45) is 17.6 Å². The van der Waals surface area contributed by atoms with E-state index >= 15 is 0 Å². The van der Waals surface area contributed by atoms with Crippen molar-refractivity contribution in [2.75, 3.05) is 36.0 Å². The summed E-state index contributed by atoms with van der Waals surface area (Å²) in [5.41, 5.74) is 6.28. The van der Waals surface area contributed by atoms with Crippen molar-refractivity contribution in [1.29, 1.82) is 0 Å². The highest BCUT2D eigenvalue weighted by atomic mass is 16.3. The van der Waals surface area contributed by atoms with Crippen molar-refractivity contribution in [3.63, 3.8) is 0 Å². The third-order valence-electron chi connectivity index (χ3n) is 5.02. The number of piperidine rings is 1. The van der Waals surface area contributed by atoms with Crippen LogP contribution >= 0.6 is 0 Å². The maximum Gasteiger partial charge on any atom is 0.134 e. The van der Waals surface area contributed by atoms with E-state index in [4.69, 9.17) is 5.73 Å². The normalized spacial score (nSPS) is 27.0. The Hall–Kier alpha value is -1.40. The van der Waals surface area contributed by atoms with Crippen LogP contribution in [0.3, 0.4) is 0 Å². The van der Waals surface area contributed by atoms with E-state index in [1.807, 2.05) is 0 Å². The fraction of sp³-hybridized carbons (Fsp3) is 0.750. The highest BCUT2D eigenvalue weighted by molar-refractivity contribution is 5.51. The molecule has 122 valence electrons. The Morgan fingerprint density at radius 3 is 2.36 bits per heavy atom. The highest BCUT2D eigenvalue weighted by Crippen LogP contribution is 2.28. The molecule has 0 spiro atoms. The standard InChI is InChI=1S/C16H27N5O/c1-11(2)13-8-21(9-14(13)17)16-7-15(18-10-19-16)20-5-3-12(22)4-6-20/h7,10-14,22H,3-6,8-9,17H2,1-2H3. The van der Waals surface area contributed by atoms with E-state index in [-0.39, 0.29) is 12.1 Å². The first-order chi connectivity index (χ1) is 10.5. The summed E-state index contributed by atoms with van der Waals surface area (Å²) in [4.78, 5) is 13.4. The van der Waals surface area contributed by atoms with Crippen LogP contribution in [0.5, 0.6) is 0 Å². The largest absolute Gasteiger partial charge is 0.393 e. The molecular formula is C16H27N5O. The van der Waals surface area contributed by atoms with Gasteiger partial charge in [-0.3, -0.25) is 0 Å². The zero-order valence-electron chi connectivity index (χ0n) is 13.5. The summed E-state index contributed by atoms with van der Waals surface area (Å²) in [5, 5.41) is 9.63. The first-order valence-corrected chi connectivity index (χ1v) is 8.30. The lowest BCUT2D eigenvalue weighted by molar-refractivity contribution is 0.145. The molecule has 2 fully saturated rings. The number of hydrogen-bond acceptors (Lipinski definition) is 6. The van der Waals surface area contributed by atoms with Crippen LogP contribution in [0.2, 0.25) is 0 Å². The van der Waals surface area contributed by atoms with Crippen molar-refractivity contribution < 1.29 is 5.11 Å². The lowest BCUT2D eigenvalue weighted by Crippen LogP contribution is -2.36. The molecule has 2 aliphatic rings. The Morgan fingerprint density at radius 1 is 1.14 bits per heavy atom. The van der Waals surface area contributed by atoms with Gasteiger partial charge in [0.05, 0.1) is 6.10 Å². The SMILES string of the molecule is CC(C)C1CN(c2cc(N3CCC(O)CC3)ncn2)CC1N. The summed E-state index contributed by atoms with van der Waals surface area (Å²) >= 11 is 0. The third kappa shape index (κ3) is 3.17.